The van der Waals surface area contributed by atoms with Crippen LogP contribution < -0.4 is 5.32 Å². The number of nitrogens with zero attached hydrogens (tertiary/aromatic N) is 2. The topological polar surface area (TPSA) is 29.9 Å². The summed E-state index contributed by atoms with van der Waals surface area (Å²) in [6, 6.07) is 0.675. The van der Waals surface area contributed by atoms with Crippen LogP contribution in [0.15, 0.2) is 6.20 Å². The first-order valence-corrected chi connectivity index (χ1v) is 9.01. The predicted molar refractivity (Wildman–Crippen MR) is 88.7 cm³/mol. The minimum atomic E-state index is 0.675. The second-order valence-electron chi connectivity index (χ2n) is 7.41. The van der Waals surface area contributed by atoms with E-state index in [0.717, 1.165) is 30.0 Å². The summed E-state index contributed by atoms with van der Waals surface area (Å²) in [5.41, 5.74) is 1.15. The Balaban J connectivity index is 1.59. The SMILES string of the molecule is Cc1cn(C2CCCCC2)c(NCC2CCC(C)CC2)n1. The van der Waals surface area contributed by atoms with Crippen molar-refractivity contribution < 1.29 is 0 Å². The fourth-order valence-corrected chi connectivity index (χ4v) is 4.05. The van der Waals surface area contributed by atoms with Crippen molar-refractivity contribution in [3.05, 3.63) is 11.9 Å². The highest BCUT2D eigenvalue weighted by molar-refractivity contribution is 5.29. The van der Waals surface area contributed by atoms with Gasteiger partial charge in [-0.15, -0.1) is 0 Å². The van der Waals surface area contributed by atoms with Crippen molar-refractivity contribution in [2.75, 3.05) is 11.9 Å². The van der Waals surface area contributed by atoms with Crippen molar-refractivity contribution in [1.82, 2.24) is 9.55 Å². The van der Waals surface area contributed by atoms with Gasteiger partial charge in [0.05, 0.1) is 5.69 Å². The maximum absolute atomic E-state index is 4.74. The Hall–Kier alpha value is -0.990. The van der Waals surface area contributed by atoms with E-state index in [1.54, 1.807) is 0 Å². The Morgan fingerprint density at radius 3 is 2.52 bits per heavy atom. The van der Waals surface area contributed by atoms with Gasteiger partial charge in [0.25, 0.3) is 0 Å². The summed E-state index contributed by atoms with van der Waals surface area (Å²) in [4.78, 5) is 4.74. The molecule has 0 unspecified atom stereocenters. The number of aromatic nitrogens is 2. The number of hydrogen-bond donors (Lipinski definition) is 1. The van der Waals surface area contributed by atoms with Crippen molar-refractivity contribution in [3.63, 3.8) is 0 Å². The second-order valence-corrected chi connectivity index (χ2v) is 7.41. The van der Waals surface area contributed by atoms with Crippen LogP contribution in [0.5, 0.6) is 0 Å². The molecule has 2 aliphatic rings. The van der Waals surface area contributed by atoms with E-state index in [1.807, 2.05) is 0 Å². The summed E-state index contributed by atoms with van der Waals surface area (Å²) in [5.74, 6) is 2.91. The van der Waals surface area contributed by atoms with Crippen LogP contribution in [-0.4, -0.2) is 16.1 Å². The van der Waals surface area contributed by atoms with Gasteiger partial charge in [0.15, 0.2) is 0 Å². The number of hydrogen-bond acceptors (Lipinski definition) is 2. The lowest BCUT2D eigenvalue weighted by molar-refractivity contribution is 0.299. The monoisotopic (exact) mass is 289 g/mol. The Labute approximate surface area is 129 Å². The summed E-state index contributed by atoms with van der Waals surface area (Å²) in [7, 11) is 0. The molecule has 0 bridgehead atoms. The lowest BCUT2D eigenvalue weighted by Crippen LogP contribution is -2.22. The summed E-state index contributed by atoms with van der Waals surface area (Å²) in [6.45, 7) is 5.62. The molecule has 0 aliphatic heterocycles. The molecule has 3 nitrogen and oxygen atoms in total. The van der Waals surface area contributed by atoms with Crippen LogP contribution in [0.25, 0.3) is 0 Å². The van der Waals surface area contributed by atoms with E-state index in [4.69, 9.17) is 4.98 Å². The maximum atomic E-state index is 4.74. The van der Waals surface area contributed by atoms with Gasteiger partial charge in [-0.3, -0.25) is 0 Å². The van der Waals surface area contributed by atoms with E-state index in [2.05, 4.69) is 29.9 Å². The number of anilines is 1. The van der Waals surface area contributed by atoms with Crippen molar-refractivity contribution in [2.45, 2.75) is 77.7 Å². The van der Waals surface area contributed by atoms with Gasteiger partial charge in [0.1, 0.15) is 0 Å². The van der Waals surface area contributed by atoms with Gasteiger partial charge in [-0.05, 0) is 44.4 Å². The average Bonchev–Trinajstić information content (AvgIpc) is 2.89. The van der Waals surface area contributed by atoms with Crippen molar-refractivity contribution in [3.8, 4) is 0 Å². The highest BCUT2D eigenvalue weighted by Gasteiger charge is 2.21. The molecule has 1 N–H and O–H groups in total. The first-order chi connectivity index (χ1) is 10.2. The van der Waals surface area contributed by atoms with Crippen molar-refractivity contribution in [1.29, 1.82) is 0 Å². The highest BCUT2D eigenvalue weighted by atomic mass is 15.2. The van der Waals surface area contributed by atoms with Gasteiger partial charge in [-0.2, -0.15) is 0 Å². The molecular formula is C18H31N3. The normalized spacial score (nSPS) is 27.7. The van der Waals surface area contributed by atoms with Gasteiger partial charge in [-0.25, -0.2) is 4.98 Å². The molecule has 3 heteroatoms. The largest absolute Gasteiger partial charge is 0.355 e. The molecule has 0 amide bonds. The minimum Gasteiger partial charge on any atom is -0.355 e. The smallest absolute Gasteiger partial charge is 0.203 e. The van der Waals surface area contributed by atoms with Crippen LogP contribution >= 0.6 is 0 Å². The molecule has 1 aromatic heterocycles. The molecule has 0 saturated heterocycles. The molecule has 2 fully saturated rings. The molecule has 2 saturated carbocycles. The summed E-state index contributed by atoms with van der Waals surface area (Å²) in [6.07, 6.45) is 14.6. The molecule has 1 aromatic rings. The molecule has 2 aliphatic carbocycles. The highest BCUT2D eigenvalue weighted by Crippen LogP contribution is 2.32. The van der Waals surface area contributed by atoms with Crippen LogP contribution in [0, 0.1) is 18.8 Å². The van der Waals surface area contributed by atoms with Crippen LogP contribution in [0.3, 0.4) is 0 Å². The van der Waals surface area contributed by atoms with E-state index >= 15 is 0 Å². The van der Waals surface area contributed by atoms with Gasteiger partial charge in [-0.1, -0.05) is 39.0 Å². The Bertz CT molecular complexity index is 437. The van der Waals surface area contributed by atoms with Gasteiger partial charge >= 0.3 is 0 Å². The van der Waals surface area contributed by atoms with Crippen molar-refractivity contribution in [2.24, 2.45) is 11.8 Å². The Kier molecular flexibility index (Phi) is 4.87. The van der Waals surface area contributed by atoms with Crippen molar-refractivity contribution >= 4 is 5.95 Å². The number of rotatable bonds is 4. The van der Waals surface area contributed by atoms with Gasteiger partial charge < -0.3 is 9.88 Å². The number of aryl methyl sites for hydroxylation is 1. The first kappa shape index (κ1) is 14.9. The maximum Gasteiger partial charge on any atom is 0.203 e. The van der Waals surface area contributed by atoms with Crippen LogP contribution in [-0.2, 0) is 0 Å². The lowest BCUT2D eigenvalue weighted by Gasteiger charge is -2.28. The number of nitrogens with one attached hydrogen (secondary N) is 1. The quantitative estimate of drug-likeness (QED) is 0.851. The van der Waals surface area contributed by atoms with E-state index in [-0.39, 0.29) is 0 Å². The molecule has 0 spiro atoms. The minimum absolute atomic E-state index is 0.675. The summed E-state index contributed by atoms with van der Waals surface area (Å²) in [5, 5.41) is 3.67. The summed E-state index contributed by atoms with van der Waals surface area (Å²) < 4.78 is 2.43. The predicted octanol–water partition coefficient (Wildman–Crippen LogP) is 4.93. The van der Waals surface area contributed by atoms with E-state index in [9.17, 15) is 0 Å². The van der Waals surface area contributed by atoms with E-state index in [0.29, 0.717) is 6.04 Å². The zero-order valence-electron chi connectivity index (χ0n) is 13.8. The second kappa shape index (κ2) is 6.85. The molecule has 0 aromatic carbocycles. The lowest BCUT2D eigenvalue weighted by atomic mass is 9.83. The fourth-order valence-electron chi connectivity index (χ4n) is 4.05. The standard InChI is InChI=1S/C18H31N3/c1-14-8-10-16(11-9-14)12-19-18-20-15(2)13-21(18)17-6-4-3-5-7-17/h13-14,16-17H,3-12H2,1-2H3,(H,19,20). The van der Waals surface area contributed by atoms with Gasteiger partial charge in [0.2, 0.25) is 5.95 Å². The average molecular weight is 289 g/mol. The van der Waals surface area contributed by atoms with E-state index in [1.165, 1.54) is 57.8 Å². The molecular weight excluding hydrogens is 258 g/mol. The zero-order valence-corrected chi connectivity index (χ0v) is 13.8. The molecule has 0 atom stereocenters. The molecule has 118 valence electrons. The molecule has 1 heterocycles. The van der Waals surface area contributed by atoms with Crippen LogP contribution in [0.1, 0.15) is 76.4 Å². The molecule has 0 radical (unpaired) electrons. The van der Waals surface area contributed by atoms with E-state index < -0.39 is 0 Å². The fraction of sp³-hybridized carbons (Fsp3) is 0.833. The third kappa shape index (κ3) is 3.81. The van der Waals surface area contributed by atoms with Gasteiger partial charge in [0, 0.05) is 18.8 Å². The summed E-state index contributed by atoms with van der Waals surface area (Å²) >= 11 is 0. The Morgan fingerprint density at radius 1 is 1.10 bits per heavy atom. The van der Waals surface area contributed by atoms with Crippen LogP contribution in [0.4, 0.5) is 5.95 Å². The molecule has 21 heavy (non-hydrogen) atoms. The third-order valence-electron chi connectivity index (χ3n) is 5.51. The zero-order chi connectivity index (χ0) is 14.7. The molecule has 3 rings (SSSR count). The first-order valence-electron chi connectivity index (χ1n) is 9.01. The van der Waals surface area contributed by atoms with Crippen LogP contribution in [0.2, 0.25) is 0 Å². The third-order valence-corrected chi connectivity index (χ3v) is 5.51. The Morgan fingerprint density at radius 2 is 1.81 bits per heavy atom. The number of imidazole rings is 1.